The zero-order chi connectivity index (χ0) is 11.9. The van der Waals surface area contributed by atoms with Crippen LogP contribution in [0.5, 0.6) is 11.5 Å². The zero-order valence-corrected chi connectivity index (χ0v) is 10.0. The van der Waals surface area contributed by atoms with Crippen molar-refractivity contribution in [1.82, 2.24) is 0 Å². The lowest BCUT2D eigenvalue weighted by molar-refractivity contribution is 0.174. The summed E-state index contributed by atoms with van der Waals surface area (Å²) in [5.41, 5.74) is 2.81. The molecule has 1 aliphatic heterocycles. The summed E-state index contributed by atoms with van der Waals surface area (Å²) in [4.78, 5) is 0. The molecular formula is C16H14O2. The number of hydrogen-bond acceptors (Lipinski definition) is 2. The molecule has 18 heavy (non-hydrogen) atoms. The van der Waals surface area contributed by atoms with E-state index in [-0.39, 0.29) is 0 Å². The van der Waals surface area contributed by atoms with E-state index in [9.17, 15) is 0 Å². The zero-order valence-electron chi connectivity index (χ0n) is 10.0. The first-order valence-electron chi connectivity index (χ1n) is 6.36. The largest absolute Gasteiger partial charge is 0.454 e. The number of rotatable bonds is 2. The maximum absolute atomic E-state index is 5.44. The van der Waals surface area contributed by atoms with Crippen LogP contribution in [-0.4, -0.2) is 6.79 Å². The summed E-state index contributed by atoms with van der Waals surface area (Å²) in [6.45, 7) is 0.353. The Kier molecular flexibility index (Phi) is 2.10. The molecule has 0 amide bonds. The SMILES string of the molecule is c1ccc([C@H]2C[C@H]2c2ccc3c(c2)OCO3)cc1. The lowest BCUT2D eigenvalue weighted by atomic mass is 10.0. The van der Waals surface area contributed by atoms with E-state index in [0.29, 0.717) is 18.6 Å². The van der Waals surface area contributed by atoms with Gasteiger partial charge in [0, 0.05) is 0 Å². The third-order valence-corrected chi connectivity index (χ3v) is 3.84. The van der Waals surface area contributed by atoms with Crippen molar-refractivity contribution in [2.45, 2.75) is 18.3 Å². The third-order valence-electron chi connectivity index (χ3n) is 3.84. The molecule has 1 heterocycles. The predicted octanol–water partition coefficient (Wildman–Crippen LogP) is 3.69. The van der Waals surface area contributed by atoms with Crippen LogP contribution in [0, 0.1) is 0 Å². The molecule has 2 aromatic rings. The Balaban J connectivity index is 1.60. The van der Waals surface area contributed by atoms with Gasteiger partial charge in [-0.25, -0.2) is 0 Å². The molecule has 0 radical (unpaired) electrons. The average Bonchev–Trinajstić information content (AvgIpc) is 3.10. The minimum absolute atomic E-state index is 0.353. The first kappa shape index (κ1) is 10.0. The van der Waals surface area contributed by atoms with Crippen molar-refractivity contribution >= 4 is 0 Å². The van der Waals surface area contributed by atoms with Gasteiger partial charge in [0.05, 0.1) is 0 Å². The van der Waals surface area contributed by atoms with Gasteiger partial charge in [-0.2, -0.15) is 0 Å². The summed E-state index contributed by atoms with van der Waals surface area (Å²) in [7, 11) is 0. The average molecular weight is 238 g/mol. The highest BCUT2D eigenvalue weighted by molar-refractivity contribution is 5.48. The molecule has 2 nitrogen and oxygen atoms in total. The molecule has 4 rings (SSSR count). The van der Waals surface area contributed by atoms with Crippen molar-refractivity contribution in [3.8, 4) is 11.5 Å². The minimum atomic E-state index is 0.353. The van der Waals surface area contributed by atoms with Gasteiger partial charge in [-0.3, -0.25) is 0 Å². The fraction of sp³-hybridized carbons (Fsp3) is 0.250. The fourth-order valence-corrected chi connectivity index (χ4v) is 2.78. The monoisotopic (exact) mass is 238 g/mol. The highest BCUT2D eigenvalue weighted by atomic mass is 16.7. The highest BCUT2D eigenvalue weighted by Crippen LogP contribution is 2.55. The molecule has 1 saturated carbocycles. The molecule has 2 atom stereocenters. The van der Waals surface area contributed by atoms with Crippen LogP contribution in [-0.2, 0) is 0 Å². The van der Waals surface area contributed by atoms with Gasteiger partial charge in [0.25, 0.3) is 0 Å². The number of hydrogen-bond donors (Lipinski definition) is 0. The number of fused-ring (bicyclic) bond motifs is 1. The molecule has 1 aliphatic carbocycles. The standard InChI is InChI=1S/C16H14O2/c1-2-4-11(5-3-1)13-9-14(13)12-6-7-15-16(8-12)18-10-17-15/h1-8,13-14H,9-10H2/t13-,14+/m1/s1. The summed E-state index contributed by atoms with van der Waals surface area (Å²) < 4.78 is 10.8. The van der Waals surface area contributed by atoms with Gasteiger partial charge in [0.1, 0.15) is 0 Å². The molecular weight excluding hydrogens is 224 g/mol. The third kappa shape index (κ3) is 1.57. The van der Waals surface area contributed by atoms with E-state index in [1.54, 1.807) is 0 Å². The smallest absolute Gasteiger partial charge is 0.231 e. The van der Waals surface area contributed by atoms with E-state index >= 15 is 0 Å². The van der Waals surface area contributed by atoms with Crippen LogP contribution in [0.3, 0.4) is 0 Å². The Hall–Kier alpha value is -1.96. The van der Waals surface area contributed by atoms with E-state index in [1.165, 1.54) is 17.5 Å². The van der Waals surface area contributed by atoms with Crippen LogP contribution < -0.4 is 9.47 Å². The van der Waals surface area contributed by atoms with Crippen LogP contribution in [0.15, 0.2) is 48.5 Å². The lowest BCUT2D eigenvalue weighted by Crippen LogP contribution is -1.92. The van der Waals surface area contributed by atoms with Gasteiger partial charge < -0.3 is 9.47 Å². The van der Waals surface area contributed by atoms with Gasteiger partial charge in [-0.05, 0) is 41.5 Å². The van der Waals surface area contributed by atoms with Crippen LogP contribution >= 0.6 is 0 Å². The Bertz CT molecular complexity index is 577. The molecule has 90 valence electrons. The van der Waals surface area contributed by atoms with Crippen molar-refractivity contribution in [3.05, 3.63) is 59.7 Å². The van der Waals surface area contributed by atoms with Crippen LogP contribution in [0.4, 0.5) is 0 Å². The normalized spacial score (nSPS) is 24.0. The van der Waals surface area contributed by atoms with E-state index < -0.39 is 0 Å². The van der Waals surface area contributed by atoms with Gasteiger partial charge in [-0.15, -0.1) is 0 Å². The van der Waals surface area contributed by atoms with E-state index in [1.807, 2.05) is 6.07 Å². The van der Waals surface area contributed by atoms with E-state index in [0.717, 1.165) is 11.5 Å². The van der Waals surface area contributed by atoms with Crippen molar-refractivity contribution in [1.29, 1.82) is 0 Å². The fourth-order valence-electron chi connectivity index (χ4n) is 2.78. The van der Waals surface area contributed by atoms with Crippen molar-refractivity contribution in [2.24, 2.45) is 0 Å². The number of benzene rings is 2. The summed E-state index contributed by atoms with van der Waals surface area (Å²) in [5.74, 6) is 3.08. The molecule has 0 bridgehead atoms. The Morgan fingerprint density at radius 3 is 2.44 bits per heavy atom. The number of ether oxygens (including phenoxy) is 2. The topological polar surface area (TPSA) is 18.5 Å². The summed E-state index contributed by atoms with van der Waals surface area (Å²) in [6, 6.07) is 17.1. The highest BCUT2D eigenvalue weighted by Gasteiger charge is 2.39. The lowest BCUT2D eigenvalue weighted by Gasteiger charge is -2.03. The summed E-state index contributed by atoms with van der Waals surface area (Å²) >= 11 is 0. The Morgan fingerprint density at radius 2 is 1.56 bits per heavy atom. The van der Waals surface area contributed by atoms with Gasteiger partial charge >= 0.3 is 0 Å². The van der Waals surface area contributed by atoms with Crippen LogP contribution in [0.2, 0.25) is 0 Å². The molecule has 1 fully saturated rings. The first-order valence-corrected chi connectivity index (χ1v) is 6.36. The van der Waals surface area contributed by atoms with Crippen LogP contribution in [0.1, 0.15) is 29.4 Å². The second kappa shape index (κ2) is 3.77. The maximum Gasteiger partial charge on any atom is 0.231 e. The maximum atomic E-state index is 5.44. The van der Waals surface area contributed by atoms with Crippen molar-refractivity contribution in [3.63, 3.8) is 0 Å². The first-order chi connectivity index (χ1) is 8.92. The second-order valence-electron chi connectivity index (χ2n) is 4.97. The molecule has 0 unspecified atom stereocenters. The summed E-state index contributed by atoms with van der Waals surface area (Å²) in [5, 5.41) is 0. The van der Waals surface area contributed by atoms with Gasteiger partial charge in [0.2, 0.25) is 6.79 Å². The quantitative estimate of drug-likeness (QED) is 0.794. The van der Waals surface area contributed by atoms with E-state index in [2.05, 4.69) is 42.5 Å². The van der Waals surface area contributed by atoms with Crippen molar-refractivity contribution < 1.29 is 9.47 Å². The van der Waals surface area contributed by atoms with Gasteiger partial charge in [-0.1, -0.05) is 36.4 Å². The molecule has 0 aromatic heterocycles. The molecule has 0 spiro atoms. The van der Waals surface area contributed by atoms with Gasteiger partial charge in [0.15, 0.2) is 11.5 Å². The second-order valence-corrected chi connectivity index (χ2v) is 4.97. The molecule has 2 heteroatoms. The molecule has 2 aliphatic rings. The Labute approximate surface area is 106 Å². The molecule has 0 saturated heterocycles. The molecule has 0 N–H and O–H groups in total. The van der Waals surface area contributed by atoms with Crippen LogP contribution in [0.25, 0.3) is 0 Å². The Morgan fingerprint density at radius 1 is 0.778 bits per heavy atom. The summed E-state index contributed by atoms with van der Waals surface area (Å²) in [6.07, 6.45) is 1.24. The van der Waals surface area contributed by atoms with Crippen molar-refractivity contribution in [2.75, 3.05) is 6.79 Å². The predicted molar refractivity (Wildman–Crippen MR) is 69.1 cm³/mol. The minimum Gasteiger partial charge on any atom is -0.454 e. The van der Waals surface area contributed by atoms with E-state index in [4.69, 9.17) is 9.47 Å². The molecule has 2 aromatic carbocycles.